The summed E-state index contributed by atoms with van der Waals surface area (Å²) in [5.74, 6) is 1.76. The summed E-state index contributed by atoms with van der Waals surface area (Å²) in [5.41, 5.74) is 5.86. The Morgan fingerprint density at radius 2 is 2.00 bits per heavy atom. The van der Waals surface area contributed by atoms with E-state index in [2.05, 4.69) is 19.8 Å². The molecule has 5 heterocycles. The monoisotopic (exact) mass is 397 g/mol. The van der Waals surface area contributed by atoms with Crippen LogP contribution in [-0.2, 0) is 4.74 Å². The minimum Gasteiger partial charge on any atom is -0.374 e. The van der Waals surface area contributed by atoms with Crippen molar-refractivity contribution < 1.29 is 9.13 Å². The summed E-state index contributed by atoms with van der Waals surface area (Å²) < 4.78 is 20.4. The lowest BCUT2D eigenvalue weighted by molar-refractivity contribution is -0.111. The van der Waals surface area contributed by atoms with E-state index in [1.165, 1.54) is 0 Å². The fraction of sp³-hybridized carbons (Fsp3) is 0.600. The van der Waals surface area contributed by atoms with Gasteiger partial charge < -0.3 is 20.3 Å². The van der Waals surface area contributed by atoms with E-state index in [-0.39, 0.29) is 17.5 Å². The highest BCUT2D eigenvalue weighted by atomic mass is 19.1. The van der Waals surface area contributed by atoms with Crippen LogP contribution in [0.5, 0.6) is 0 Å². The van der Waals surface area contributed by atoms with Crippen LogP contribution in [0.3, 0.4) is 0 Å². The van der Waals surface area contributed by atoms with Gasteiger partial charge in [-0.2, -0.15) is 4.98 Å². The summed E-state index contributed by atoms with van der Waals surface area (Å²) in [6.07, 6.45) is 6.25. The average molecular weight is 397 g/mol. The number of aromatic nitrogens is 4. The van der Waals surface area contributed by atoms with Crippen LogP contribution in [0.4, 0.5) is 22.1 Å². The average Bonchev–Trinajstić information content (AvgIpc) is 3.30. The molecule has 1 spiro atoms. The van der Waals surface area contributed by atoms with Gasteiger partial charge in [-0.25, -0.2) is 19.3 Å². The Labute approximate surface area is 168 Å². The Bertz CT molecular complexity index is 960. The molecule has 1 unspecified atom stereocenters. The van der Waals surface area contributed by atoms with Crippen molar-refractivity contribution in [2.75, 3.05) is 41.8 Å². The minimum absolute atomic E-state index is 0.231. The molecule has 0 aromatic carbocycles. The molecular weight excluding hydrogens is 373 g/mol. The van der Waals surface area contributed by atoms with Crippen molar-refractivity contribution >= 4 is 17.7 Å². The van der Waals surface area contributed by atoms with E-state index in [1.54, 1.807) is 19.3 Å². The molecule has 8 nitrogen and oxygen atoms in total. The Morgan fingerprint density at radius 1 is 1.21 bits per heavy atom. The van der Waals surface area contributed by atoms with Crippen LogP contribution in [0.25, 0.3) is 11.3 Å². The molecule has 4 aliphatic rings. The Hall–Kier alpha value is -2.55. The third-order valence-corrected chi connectivity index (χ3v) is 7.31. The van der Waals surface area contributed by atoms with Crippen LogP contribution < -0.4 is 15.5 Å². The van der Waals surface area contributed by atoms with Gasteiger partial charge >= 0.3 is 0 Å². The van der Waals surface area contributed by atoms with Gasteiger partial charge in [0.1, 0.15) is 11.5 Å². The first-order valence-electron chi connectivity index (χ1n) is 10.2. The Balaban J connectivity index is 1.35. The van der Waals surface area contributed by atoms with Crippen LogP contribution in [0.15, 0.2) is 18.5 Å². The highest BCUT2D eigenvalue weighted by molar-refractivity contribution is 5.65. The number of hydrogen-bond donors (Lipinski definition) is 1. The fourth-order valence-electron chi connectivity index (χ4n) is 5.15. The first-order valence-corrected chi connectivity index (χ1v) is 10.2. The molecule has 1 saturated carbocycles. The first-order chi connectivity index (χ1) is 13.9. The minimum atomic E-state index is -1.08. The molecule has 0 radical (unpaired) electrons. The van der Waals surface area contributed by atoms with Gasteiger partial charge in [-0.1, -0.05) is 0 Å². The van der Waals surface area contributed by atoms with E-state index in [4.69, 9.17) is 20.4 Å². The zero-order chi connectivity index (χ0) is 19.8. The maximum atomic E-state index is 14.7. The molecule has 9 heteroatoms. The lowest BCUT2D eigenvalue weighted by Gasteiger charge is -2.62. The topological polar surface area (TPSA) is 93.3 Å². The van der Waals surface area contributed by atoms with E-state index in [1.807, 2.05) is 6.07 Å². The van der Waals surface area contributed by atoms with E-state index < -0.39 is 5.67 Å². The quantitative estimate of drug-likeness (QED) is 0.838. The van der Waals surface area contributed by atoms with Crippen LogP contribution >= 0.6 is 0 Å². The maximum absolute atomic E-state index is 14.7. The number of morpholine rings is 1. The SMILES string of the molecule is CC1(F)CCC12CN(c1nc(-c3cnc(N)nc3)cc(N3C[C@@H]4C[C@H]3CO4)n1)C2. The number of alkyl halides is 1. The van der Waals surface area contributed by atoms with E-state index >= 15 is 0 Å². The van der Waals surface area contributed by atoms with E-state index in [0.29, 0.717) is 31.5 Å². The molecule has 2 N–H and O–H groups in total. The van der Waals surface area contributed by atoms with Gasteiger partial charge in [0.15, 0.2) is 0 Å². The normalized spacial score (nSPS) is 31.8. The Morgan fingerprint density at radius 3 is 2.59 bits per heavy atom. The molecule has 152 valence electrons. The smallest absolute Gasteiger partial charge is 0.227 e. The number of rotatable bonds is 3. The summed E-state index contributed by atoms with van der Waals surface area (Å²) in [4.78, 5) is 22.2. The molecule has 3 atom stereocenters. The highest BCUT2D eigenvalue weighted by Gasteiger charge is 2.63. The number of nitrogens with zero attached hydrogens (tertiary/aromatic N) is 6. The first kappa shape index (κ1) is 17.3. The molecule has 3 aliphatic heterocycles. The molecule has 4 fully saturated rings. The molecular formula is C20H24FN7O. The van der Waals surface area contributed by atoms with Crippen LogP contribution in [0.1, 0.15) is 26.2 Å². The predicted molar refractivity (Wildman–Crippen MR) is 106 cm³/mol. The lowest BCUT2D eigenvalue weighted by atomic mass is 9.54. The third kappa shape index (κ3) is 2.52. The molecule has 2 bridgehead atoms. The van der Waals surface area contributed by atoms with Crippen molar-refractivity contribution in [2.24, 2.45) is 5.41 Å². The summed E-state index contributed by atoms with van der Waals surface area (Å²) in [6.45, 7) is 4.62. The third-order valence-electron chi connectivity index (χ3n) is 7.31. The van der Waals surface area contributed by atoms with Crippen molar-refractivity contribution in [2.45, 2.75) is 44.0 Å². The lowest BCUT2D eigenvalue weighted by Crippen LogP contribution is -2.71. The second kappa shape index (κ2) is 5.75. The van der Waals surface area contributed by atoms with Gasteiger partial charge in [0.05, 0.1) is 24.4 Å². The molecule has 2 aromatic heterocycles. The van der Waals surface area contributed by atoms with Crippen LogP contribution in [-0.4, -0.2) is 64.0 Å². The largest absolute Gasteiger partial charge is 0.374 e. The number of anilines is 3. The van der Waals surface area contributed by atoms with Gasteiger partial charge in [0.2, 0.25) is 11.9 Å². The zero-order valence-corrected chi connectivity index (χ0v) is 16.4. The number of hydrogen-bond acceptors (Lipinski definition) is 8. The van der Waals surface area contributed by atoms with Gasteiger partial charge in [-0.3, -0.25) is 0 Å². The van der Waals surface area contributed by atoms with Gasteiger partial charge in [-0.05, 0) is 26.2 Å². The molecule has 2 aromatic rings. The second-order valence-electron chi connectivity index (χ2n) is 9.07. The van der Waals surface area contributed by atoms with E-state index in [0.717, 1.165) is 43.1 Å². The number of halogens is 1. The number of ether oxygens (including phenoxy) is 1. The molecule has 1 aliphatic carbocycles. The van der Waals surface area contributed by atoms with Crippen molar-refractivity contribution in [3.05, 3.63) is 18.5 Å². The summed E-state index contributed by atoms with van der Waals surface area (Å²) >= 11 is 0. The molecule has 6 rings (SSSR count). The molecule has 29 heavy (non-hydrogen) atoms. The highest BCUT2D eigenvalue weighted by Crippen LogP contribution is 2.58. The van der Waals surface area contributed by atoms with Crippen molar-refractivity contribution in [1.29, 1.82) is 0 Å². The van der Waals surface area contributed by atoms with E-state index in [9.17, 15) is 4.39 Å². The van der Waals surface area contributed by atoms with Gasteiger partial charge in [-0.15, -0.1) is 0 Å². The summed E-state index contributed by atoms with van der Waals surface area (Å²) in [6, 6.07) is 2.33. The number of nitrogen functional groups attached to an aromatic ring is 1. The number of fused-ring (bicyclic) bond motifs is 2. The zero-order valence-electron chi connectivity index (χ0n) is 16.4. The second-order valence-corrected chi connectivity index (χ2v) is 9.07. The van der Waals surface area contributed by atoms with Crippen molar-refractivity contribution in [3.8, 4) is 11.3 Å². The summed E-state index contributed by atoms with van der Waals surface area (Å²) in [7, 11) is 0. The van der Waals surface area contributed by atoms with Crippen LogP contribution in [0.2, 0.25) is 0 Å². The summed E-state index contributed by atoms with van der Waals surface area (Å²) in [5, 5.41) is 0. The number of nitrogens with two attached hydrogens (primary N) is 1. The Kier molecular flexibility index (Phi) is 3.43. The maximum Gasteiger partial charge on any atom is 0.227 e. The van der Waals surface area contributed by atoms with Crippen molar-refractivity contribution in [3.63, 3.8) is 0 Å². The van der Waals surface area contributed by atoms with Gasteiger partial charge in [0.25, 0.3) is 0 Å². The fourth-order valence-corrected chi connectivity index (χ4v) is 5.15. The van der Waals surface area contributed by atoms with Crippen molar-refractivity contribution in [1.82, 2.24) is 19.9 Å². The molecule has 0 amide bonds. The van der Waals surface area contributed by atoms with Crippen LogP contribution in [0, 0.1) is 5.41 Å². The standard InChI is InChI=1S/C20H24FN7O/c1-19(21)2-3-20(19)10-27(11-20)18-25-15(12-6-23-17(22)24-7-12)5-16(26-18)28-8-14-4-13(28)9-29-14/h5-7,13-14H,2-4,8-11H2,1H3,(H2,22,23,24)/t13-,14-,19?/m0/s1. The molecule has 3 saturated heterocycles. The predicted octanol–water partition coefficient (Wildman–Crippen LogP) is 1.82. The van der Waals surface area contributed by atoms with Gasteiger partial charge in [0, 0.05) is 49.1 Å².